The van der Waals surface area contributed by atoms with Crippen molar-refractivity contribution in [1.82, 2.24) is 4.90 Å². The minimum atomic E-state index is -0.483. The Bertz CT molecular complexity index is 621. The molecule has 2 atom stereocenters. The van der Waals surface area contributed by atoms with Gasteiger partial charge in [0.25, 0.3) is 11.8 Å². The van der Waals surface area contributed by atoms with Crippen molar-refractivity contribution in [1.29, 1.82) is 0 Å². The molecule has 0 radical (unpaired) electrons. The molecule has 2 aliphatic rings. The van der Waals surface area contributed by atoms with Gasteiger partial charge < -0.3 is 9.84 Å². The highest BCUT2D eigenvalue weighted by molar-refractivity contribution is 6.02. The number of likely N-dealkylation sites (tertiary alicyclic amines) is 1. The van der Waals surface area contributed by atoms with E-state index in [-0.39, 0.29) is 25.0 Å². The van der Waals surface area contributed by atoms with Crippen molar-refractivity contribution in [2.45, 2.75) is 31.6 Å². The Kier molecular flexibility index (Phi) is 3.74. The molecule has 2 bridgehead atoms. The van der Waals surface area contributed by atoms with Gasteiger partial charge in [0, 0.05) is 5.56 Å². The summed E-state index contributed by atoms with van der Waals surface area (Å²) in [6.45, 7) is -0.0296. The zero-order valence-electron chi connectivity index (χ0n) is 11.4. The maximum atomic E-state index is 12.2. The standard InChI is InChI=1S/C16H15NO4/c18-9-3-6-11-4-1-2-5-12(11)10-17-15(19)13-7-8-14(21-13)16(17)20/h1-2,4-5,13-14,18H,7-10H2. The SMILES string of the molecule is O=C1C2CCC(O2)C(=O)N1Cc1ccccc1C#CCO. The van der Waals surface area contributed by atoms with E-state index in [9.17, 15) is 9.59 Å². The number of hydrogen-bond acceptors (Lipinski definition) is 4. The maximum Gasteiger partial charge on any atom is 0.258 e. The quantitative estimate of drug-likeness (QED) is 0.633. The fraction of sp³-hybridized carbons (Fsp3) is 0.375. The second-order valence-corrected chi connectivity index (χ2v) is 5.07. The Labute approximate surface area is 122 Å². The highest BCUT2D eigenvalue weighted by atomic mass is 16.5. The van der Waals surface area contributed by atoms with Crippen LogP contribution in [-0.2, 0) is 20.9 Å². The number of rotatable bonds is 2. The summed E-state index contributed by atoms with van der Waals surface area (Å²) in [5.41, 5.74) is 1.51. The van der Waals surface area contributed by atoms with Crippen LogP contribution >= 0.6 is 0 Å². The minimum Gasteiger partial charge on any atom is -0.384 e. The summed E-state index contributed by atoms with van der Waals surface area (Å²) < 4.78 is 5.38. The molecular formula is C16H15NO4. The monoisotopic (exact) mass is 285 g/mol. The van der Waals surface area contributed by atoms with Crippen LogP contribution in [0, 0.1) is 11.8 Å². The first-order valence-electron chi connectivity index (χ1n) is 6.89. The number of ether oxygens (including phenoxy) is 1. The van der Waals surface area contributed by atoms with E-state index in [0.717, 1.165) is 5.56 Å². The van der Waals surface area contributed by atoms with Gasteiger partial charge in [0.15, 0.2) is 0 Å². The highest BCUT2D eigenvalue weighted by Gasteiger charge is 2.46. The van der Waals surface area contributed by atoms with Gasteiger partial charge in [0.2, 0.25) is 0 Å². The molecule has 0 saturated carbocycles. The molecule has 3 rings (SSSR count). The summed E-state index contributed by atoms with van der Waals surface area (Å²) in [6, 6.07) is 7.31. The number of hydrogen-bond donors (Lipinski definition) is 1. The Morgan fingerprint density at radius 2 is 1.86 bits per heavy atom. The largest absolute Gasteiger partial charge is 0.384 e. The first kappa shape index (κ1) is 13.8. The number of carbonyl (C=O) groups is 2. The summed E-state index contributed by atoms with van der Waals surface area (Å²) in [6.07, 6.45) is 0.252. The average molecular weight is 285 g/mol. The molecule has 5 heteroatoms. The second-order valence-electron chi connectivity index (χ2n) is 5.07. The average Bonchev–Trinajstić information content (AvgIpc) is 2.96. The van der Waals surface area contributed by atoms with E-state index >= 15 is 0 Å². The third-order valence-corrected chi connectivity index (χ3v) is 3.75. The molecule has 0 aromatic heterocycles. The van der Waals surface area contributed by atoms with Crippen molar-refractivity contribution >= 4 is 11.8 Å². The number of morpholine rings is 1. The lowest BCUT2D eigenvalue weighted by Gasteiger charge is -2.30. The Balaban J connectivity index is 1.86. The fourth-order valence-corrected chi connectivity index (χ4v) is 2.70. The van der Waals surface area contributed by atoms with E-state index < -0.39 is 12.2 Å². The van der Waals surface area contributed by atoms with Gasteiger partial charge in [-0.05, 0) is 24.5 Å². The molecule has 2 aliphatic heterocycles. The van der Waals surface area contributed by atoms with Gasteiger partial charge >= 0.3 is 0 Å². The number of fused-ring (bicyclic) bond motifs is 2. The number of amides is 2. The smallest absolute Gasteiger partial charge is 0.258 e. The molecule has 0 spiro atoms. The van der Waals surface area contributed by atoms with Gasteiger partial charge in [-0.25, -0.2) is 0 Å². The number of nitrogens with zero attached hydrogens (tertiary/aromatic N) is 1. The van der Waals surface area contributed by atoms with E-state index in [0.29, 0.717) is 18.4 Å². The van der Waals surface area contributed by atoms with E-state index in [4.69, 9.17) is 9.84 Å². The van der Waals surface area contributed by atoms with Gasteiger partial charge in [-0.2, -0.15) is 0 Å². The third-order valence-electron chi connectivity index (χ3n) is 3.75. The molecule has 1 aromatic rings. The number of benzene rings is 1. The zero-order chi connectivity index (χ0) is 14.8. The number of aliphatic hydroxyl groups excluding tert-OH is 1. The van der Waals surface area contributed by atoms with Gasteiger partial charge in [-0.3, -0.25) is 14.5 Å². The van der Waals surface area contributed by atoms with Crippen LogP contribution in [0.2, 0.25) is 0 Å². The van der Waals surface area contributed by atoms with Gasteiger partial charge in [-0.15, -0.1) is 0 Å². The molecule has 1 N–H and O–H groups in total. The Morgan fingerprint density at radius 3 is 2.52 bits per heavy atom. The van der Waals surface area contributed by atoms with Crippen LogP contribution in [0.5, 0.6) is 0 Å². The predicted octanol–water partition coefficient (Wildman–Crippen LogP) is 0.447. The van der Waals surface area contributed by atoms with E-state index in [2.05, 4.69) is 11.8 Å². The predicted molar refractivity (Wildman–Crippen MR) is 73.9 cm³/mol. The van der Waals surface area contributed by atoms with Crippen molar-refractivity contribution in [2.24, 2.45) is 0 Å². The van der Waals surface area contributed by atoms with Crippen LogP contribution in [0.15, 0.2) is 24.3 Å². The summed E-state index contributed by atoms with van der Waals surface area (Å²) in [5, 5.41) is 8.79. The van der Waals surface area contributed by atoms with E-state index in [1.165, 1.54) is 4.90 Å². The normalized spacial score (nSPS) is 24.0. The number of aliphatic hydroxyl groups is 1. The van der Waals surface area contributed by atoms with Crippen LogP contribution in [-0.4, -0.2) is 40.6 Å². The second kappa shape index (κ2) is 5.68. The van der Waals surface area contributed by atoms with Crippen molar-refractivity contribution in [2.75, 3.05) is 6.61 Å². The first-order valence-corrected chi connectivity index (χ1v) is 6.89. The molecule has 0 aliphatic carbocycles. The van der Waals surface area contributed by atoms with Crippen LogP contribution < -0.4 is 0 Å². The van der Waals surface area contributed by atoms with Crippen LogP contribution in [0.1, 0.15) is 24.0 Å². The Hall–Kier alpha value is -2.16. The van der Waals surface area contributed by atoms with E-state index in [1.807, 2.05) is 24.3 Å². The summed E-state index contributed by atoms with van der Waals surface area (Å²) >= 11 is 0. The summed E-state index contributed by atoms with van der Waals surface area (Å²) in [4.78, 5) is 25.7. The molecular weight excluding hydrogens is 270 g/mol. The van der Waals surface area contributed by atoms with Crippen molar-refractivity contribution < 1.29 is 19.4 Å². The van der Waals surface area contributed by atoms with Gasteiger partial charge in [0.05, 0.1) is 6.54 Å². The molecule has 2 fully saturated rings. The lowest BCUT2D eigenvalue weighted by atomic mass is 10.1. The zero-order valence-corrected chi connectivity index (χ0v) is 11.4. The lowest BCUT2D eigenvalue weighted by Crippen LogP contribution is -2.51. The summed E-state index contributed by atoms with van der Waals surface area (Å²) in [7, 11) is 0. The van der Waals surface area contributed by atoms with Crippen LogP contribution in [0.4, 0.5) is 0 Å². The molecule has 2 saturated heterocycles. The minimum absolute atomic E-state index is 0.199. The Morgan fingerprint density at radius 1 is 1.19 bits per heavy atom. The van der Waals surface area contributed by atoms with Crippen molar-refractivity contribution in [3.8, 4) is 11.8 Å². The van der Waals surface area contributed by atoms with Crippen molar-refractivity contribution in [3.63, 3.8) is 0 Å². The molecule has 2 unspecified atom stereocenters. The van der Waals surface area contributed by atoms with Crippen molar-refractivity contribution in [3.05, 3.63) is 35.4 Å². The molecule has 1 aromatic carbocycles. The number of imide groups is 1. The highest BCUT2D eigenvalue weighted by Crippen LogP contribution is 2.29. The molecule has 5 nitrogen and oxygen atoms in total. The molecule has 2 amide bonds. The van der Waals surface area contributed by atoms with E-state index in [1.54, 1.807) is 0 Å². The van der Waals surface area contributed by atoms with Crippen LogP contribution in [0.25, 0.3) is 0 Å². The van der Waals surface area contributed by atoms with Gasteiger partial charge in [0.1, 0.15) is 18.8 Å². The molecule has 2 heterocycles. The van der Waals surface area contributed by atoms with Crippen LogP contribution in [0.3, 0.4) is 0 Å². The fourth-order valence-electron chi connectivity index (χ4n) is 2.70. The molecule has 21 heavy (non-hydrogen) atoms. The third kappa shape index (κ3) is 2.56. The maximum absolute atomic E-state index is 12.2. The lowest BCUT2D eigenvalue weighted by molar-refractivity contribution is -0.169. The molecule has 108 valence electrons. The first-order chi connectivity index (χ1) is 10.2. The summed E-state index contributed by atoms with van der Waals surface area (Å²) in [5.74, 6) is 4.90. The van der Waals surface area contributed by atoms with Gasteiger partial charge in [-0.1, -0.05) is 30.0 Å². The number of carbonyl (C=O) groups excluding carboxylic acids is 2. The topological polar surface area (TPSA) is 66.8 Å².